The number of anilines is 2. The van der Waals surface area contributed by atoms with Gasteiger partial charge < -0.3 is 25.0 Å². The number of hydrogen-bond acceptors (Lipinski definition) is 4. The lowest BCUT2D eigenvalue weighted by Crippen LogP contribution is -3.14. The van der Waals surface area contributed by atoms with Gasteiger partial charge in [0.2, 0.25) is 12.7 Å². The quantitative estimate of drug-likeness (QED) is 0.717. The van der Waals surface area contributed by atoms with Crippen molar-refractivity contribution in [3.8, 4) is 11.5 Å². The summed E-state index contributed by atoms with van der Waals surface area (Å²) in [5.41, 5.74) is 2.62. The Labute approximate surface area is 170 Å². The molecule has 4 rings (SSSR count). The Morgan fingerprint density at radius 1 is 1.03 bits per heavy atom. The van der Waals surface area contributed by atoms with Crippen molar-refractivity contribution in [2.45, 2.75) is 19.8 Å². The first-order chi connectivity index (χ1) is 14.1. The molecule has 2 aliphatic rings. The number of quaternary nitrogens is 1. The fourth-order valence-electron chi connectivity index (χ4n) is 3.82. The average Bonchev–Trinajstić information content (AvgIpc) is 3.18. The molecule has 2 aromatic rings. The van der Waals surface area contributed by atoms with Crippen molar-refractivity contribution >= 4 is 23.2 Å². The molecule has 0 atom stereocenters. The lowest BCUT2D eigenvalue weighted by atomic mass is 9.95. The zero-order valence-electron chi connectivity index (χ0n) is 16.5. The molecule has 7 heteroatoms. The van der Waals surface area contributed by atoms with E-state index in [-0.39, 0.29) is 24.5 Å². The highest BCUT2D eigenvalue weighted by Crippen LogP contribution is 2.34. The van der Waals surface area contributed by atoms with Crippen LogP contribution in [0.15, 0.2) is 42.5 Å². The van der Waals surface area contributed by atoms with Crippen molar-refractivity contribution in [2.24, 2.45) is 5.92 Å². The average molecular weight is 396 g/mol. The van der Waals surface area contributed by atoms with Crippen LogP contribution in [0.25, 0.3) is 0 Å². The van der Waals surface area contributed by atoms with Gasteiger partial charge in [-0.3, -0.25) is 9.59 Å². The molecule has 2 aromatic carbocycles. The molecular weight excluding hydrogens is 370 g/mol. The molecule has 2 amide bonds. The van der Waals surface area contributed by atoms with Crippen LogP contribution < -0.4 is 25.0 Å². The highest BCUT2D eigenvalue weighted by atomic mass is 16.7. The van der Waals surface area contributed by atoms with Crippen LogP contribution >= 0.6 is 0 Å². The van der Waals surface area contributed by atoms with Crippen LogP contribution in [0, 0.1) is 12.8 Å². The van der Waals surface area contributed by atoms with Crippen LogP contribution in [0.3, 0.4) is 0 Å². The molecule has 2 aliphatic heterocycles. The van der Waals surface area contributed by atoms with Gasteiger partial charge in [-0.15, -0.1) is 0 Å². The minimum Gasteiger partial charge on any atom is -0.454 e. The third kappa shape index (κ3) is 4.68. The van der Waals surface area contributed by atoms with Crippen LogP contribution in [-0.4, -0.2) is 38.2 Å². The molecule has 0 aromatic heterocycles. The molecule has 1 fully saturated rings. The Hall–Kier alpha value is -3.06. The van der Waals surface area contributed by atoms with Crippen LogP contribution in [0.4, 0.5) is 11.4 Å². The fraction of sp³-hybridized carbons (Fsp3) is 0.364. The van der Waals surface area contributed by atoms with Crippen molar-refractivity contribution in [1.82, 2.24) is 0 Å². The minimum atomic E-state index is -0.0383. The predicted molar refractivity (Wildman–Crippen MR) is 109 cm³/mol. The third-order valence-electron chi connectivity index (χ3n) is 5.53. The summed E-state index contributed by atoms with van der Waals surface area (Å²) in [6.45, 7) is 4.23. The second kappa shape index (κ2) is 8.53. The first kappa shape index (κ1) is 19.3. The minimum absolute atomic E-state index is 0.0116. The van der Waals surface area contributed by atoms with Gasteiger partial charge in [-0.2, -0.15) is 0 Å². The molecule has 1 saturated heterocycles. The van der Waals surface area contributed by atoms with E-state index in [1.807, 2.05) is 37.3 Å². The maximum Gasteiger partial charge on any atom is 0.279 e. The second-order valence-electron chi connectivity index (χ2n) is 7.62. The summed E-state index contributed by atoms with van der Waals surface area (Å²) < 4.78 is 10.6. The number of aryl methyl sites for hydroxylation is 1. The Kier molecular flexibility index (Phi) is 5.67. The number of likely N-dealkylation sites (tertiary alicyclic amines) is 1. The van der Waals surface area contributed by atoms with Gasteiger partial charge in [-0.05, 0) is 30.7 Å². The molecule has 29 heavy (non-hydrogen) atoms. The fourth-order valence-corrected chi connectivity index (χ4v) is 3.82. The Balaban J connectivity index is 1.24. The molecule has 3 N–H and O–H groups in total. The van der Waals surface area contributed by atoms with E-state index < -0.39 is 0 Å². The molecule has 152 valence electrons. The van der Waals surface area contributed by atoms with E-state index in [2.05, 4.69) is 10.6 Å². The number of rotatable bonds is 5. The third-order valence-corrected chi connectivity index (χ3v) is 5.53. The smallest absolute Gasteiger partial charge is 0.279 e. The van der Waals surface area contributed by atoms with E-state index in [0.717, 1.165) is 37.2 Å². The molecule has 0 bridgehead atoms. The normalized spacial score (nSPS) is 20.2. The number of ether oxygens (including phenoxy) is 2. The van der Waals surface area contributed by atoms with Crippen LogP contribution in [0.1, 0.15) is 18.4 Å². The highest BCUT2D eigenvalue weighted by molar-refractivity contribution is 5.93. The van der Waals surface area contributed by atoms with Gasteiger partial charge in [0.25, 0.3) is 5.91 Å². The van der Waals surface area contributed by atoms with Gasteiger partial charge in [-0.25, -0.2) is 0 Å². The number of para-hydroxylation sites is 1. The maximum absolute atomic E-state index is 12.6. The number of piperidine rings is 1. The molecular formula is C22H26N3O4+. The molecule has 0 radical (unpaired) electrons. The van der Waals surface area contributed by atoms with Gasteiger partial charge >= 0.3 is 0 Å². The zero-order chi connectivity index (χ0) is 20.2. The Morgan fingerprint density at radius 2 is 1.79 bits per heavy atom. The lowest BCUT2D eigenvalue weighted by Gasteiger charge is -2.28. The van der Waals surface area contributed by atoms with Crippen LogP contribution in [-0.2, 0) is 9.59 Å². The molecule has 0 saturated carbocycles. The number of fused-ring (bicyclic) bond motifs is 1. The summed E-state index contributed by atoms with van der Waals surface area (Å²) in [7, 11) is 0. The molecule has 0 spiro atoms. The summed E-state index contributed by atoms with van der Waals surface area (Å²) in [6, 6.07) is 13.2. The van der Waals surface area contributed by atoms with E-state index in [1.54, 1.807) is 12.1 Å². The summed E-state index contributed by atoms with van der Waals surface area (Å²) in [4.78, 5) is 26.2. The van der Waals surface area contributed by atoms with Gasteiger partial charge in [0.15, 0.2) is 18.0 Å². The number of benzene rings is 2. The summed E-state index contributed by atoms with van der Waals surface area (Å²) in [5.74, 6) is 1.35. The largest absolute Gasteiger partial charge is 0.454 e. The van der Waals surface area contributed by atoms with Crippen molar-refractivity contribution in [3.05, 3.63) is 48.0 Å². The first-order valence-electron chi connectivity index (χ1n) is 9.98. The standard InChI is InChI=1S/C22H25N3O4/c1-15-4-2-3-5-18(15)24-21(26)13-25-10-8-16(9-11-25)22(27)23-17-6-7-19-20(12-17)29-14-28-19/h2-7,12,16H,8-11,13-14H2,1H3,(H,23,27)(H,24,26)/p+1. The van der Waals surface area contributed by atoms with Gasteiger partial charge in [-0.1, -0.05) is 18.2 Å². The number of carbonyl (C=O) groups excluding carboxylic acids is 2. The van der Waals surface area contributed by atoms with E-state index in [0.29, 0.717) is 23.7 Å². The van der Waals surface area contributed by atoms with Crippen molar-refractivity contribution < 1.29 is 24.0 Å². The SMILES string of the molecule is Cc1ccccc1NC(=O)C[NH+]1CCC(C(=O)Nc2ccc3c(c2)OCO3)CC1. The summed E-state index contributed by atoms with van der Waals surface area (Å²) in [5, 5.41) is 5.96. The first-order valence-corrected chi connectivity index (χ1v) is 9.98. The zero-order valence-corrected chi connectivity index (χ0v) is 16.5. The molecule has 0 unspecified atom stereocenters. The van der Waals surface area contributed by atoms with E-state index in [9.17, 15) is 9.59 Å². The maximum atomic E-state index is 12.6. The van der Waals surface area contributed by atoms with E-state index >= 15 is 0 Å². The number of hydrogen-bond donors (Lipinski definition) is 3. The highest BCUT2D eigenvalue weighted by Gasteiger charge is 2.29. The van der Waals surface area contributed by atoms with Crippen molar-refractivity contribution in [3.63, 3.8) is 0 Å². The van der Waals surface area contributed by atoms with Crippen molar-refractivity contribution in [1.29, 1.82) is 0 Å². The molecule has 7 nitrogen and oxygen atoms in total. The van der Waals surface area contributed by atoms with E-state index in [4.69, 9.17) is 9.47 Å². The Bertz CT molecular complexity index is 907. The van der Waals surface area contributed by atoms with Gasteiger partial charge in [0.05, 0.1) is 13.1 Å². The molecule has 0 aliphatic carbocycles. The number of carbonyl (C=O) groups is 2. The van der Waals surface area contributed by atoms with Gasteiger partial charge in [0.1, 0.15) is 0 Å². The second-order valence-corrected chi connectivity index (χ2v) is 7.62. The summed E-state index contributed by atoms with van der Waals surface area (Å²) >= 11 is 0. The Morgan fingerprint density at radius 3 is 2.59 bits per heavy atom. The number of nitrogens with one attached hydrogen (secondary N) is 3. The summed E-state index contributed by atoms with van der Waals surface area (Å²) in [6.07, 6.45) is 1.53. The lowest BCUT2D eigenvalue weighted by molar-refractivity contribution is -0.897. The van der Waals surface area contributed by atoms with Crippen molar-refractivity contribution in [2.75, 3.05) is 37.1 Å². The predicted octanol–water partition coefficient (Wildman–Crippen LogP) is 1.60. The topological polar surface area (TPSA) is 81.1 Å². The van der Waals surface area contributed by atoms with E-state index in [1.165, 1.54) is 4.90 Å². The number of amides is 2. The molecule has 2 heterocycles. The van der Waals surface area contributed by atoms with Gasteiger partial charge in [0, 0.05) is 36.2 Å². The van der Waals surface area contributed by atoms with Crippen LogP contribution in [0.5, 0.6) is 11.5 Å². The van der Waals surface area contributed by atoms with Crippen LogP contribution in [0.2, 0.25) is 0 Å². The monoisotopic (exact) mass is 396 g/mol.